The molecule has 0 saturated carbocycles. The minimum absolute atomic E-state index is 0.145. The van der Waals surface area contributed by atoms with Crippen molar-refractivity contribution in [2.75, 3.05) is 57.8 Å². The summed E-state index contributed by atoms with van der Waals surface area (Å²) in [5, 5.41) is 8.69. The normalized spacial score (nSPS) is 19.2. The smallest absolute Gasteiger partial charge is 0.225 e. The number of nitrogens with zero attached hydrogens (tertiary/aromatic N) is 4. The molecule has 6 nitrogen and oxygen atoms in total. The molecular weight excluding hydrogens is 328 g/mol. The number of piperidine rings is 1. The maximum Gasteiger partial charge on any atom is 0.225 e. The molecule has 0 bridgehead atoms. The van der Waals surface area contributed by atoms with Gasteiger partial charge in [0.05, 0.1) is 18.9 Å². The lowest BCUT2D eigenvalue weighted by atomic mass is 9.95. The number of nitriles is 1. The first kappa shape index (κ1) is 18.5. The van der Waals surface area contributed by atoms with Gasteiger partial charge in [0.25, 0.3) is 0 Å². The molecule has 3 rings (SSSR count). The fourth-order valence-corrected chi connectivity index (χ4v) is 3.93. The fourth-order valence-electron chi connectivity index (χ4n) is 3.93. The Hall–Kier alpha value is -2.26. The van der Waals surface area contributed by atoms with Crippen LogP contribution in [0, 0.1) is 17.2 Å². The molecule has 2 saturated heterocycles. The molecule has 2 aliphatic rings. The highest BCUT2D eigenvalue weighted by molar-refractivity contribution is 5.79. The number of anilines is 1. The first-order chi connectivity index (χ1) is 12.7. The van der Waals surface area contributed by atoms with E-state index >= 15 is 0 Å². The molecule has 2 aliphatic heterocycles. The highest BCUT2D eigenvalue weighted by Crippen LogP contribution is 2.29. The average molecular weight is 356 g/mol. The van der Waals surface area contributed by atoms with E-state index in [4.69, 9.17) is 10.00 Å². The third-order valence-electron chi connectivity index (χ3n) is 5.49. The predicted molar refractivity (Wildman–Crippen MR) is 101 cm³/mol. The van der Waals surface area contributed by atoms with Crippen molar-refractivity contribution in [2.45, 2.75) is 19.3 Å². The molecule has 2 heterocycles. The Balaban J connectivity index is 1.49. The van der Waals surface area contributed by atoms with E-state index in [1.807, 2.05) is 23.1 Å². The molecule has 0 spiro atoms. The number of carbonyl (C=O) groups is 1. The van der Waals surface area contributed by atoms with E-state index in [1.165, 1.54) is 0 Å². The Morgan fingerprint density at radius 1 is 1.15 bits per heavy atom. The lowest BCUT2D eigenvalue weighted by Crippen LogP contribution is -2.51. The number of amides is 1. The zero-order chi connectivity index (χ0) is 18.4. The molecule has 1 aromatic rings. The monoisotopic (exact) mass is 356 g/mol. The van der Waals surface area contributed by atoms with Gasteiger partial charge in [0.2, 0.25) is 5.91 Å². The molecule has 0 aromatic heterocycles. The highest BCUT2D eigenvalue weighted by Gasteiger charge is 2.30. The number of benzene rings is 1. The van der Waals surface area contributed by atoms with E-state index in [0.29, 0.717) is 12.3 Å². The van der Waals surface area contributed by atoms with E-state index in [9.17, 15) is 4.79 Å². The number of methoxy groups -OCH3 is 1. The summed E-state index contributed by atoms with van der Waals surface area (Å²) in [6, 6.07) is 10.3. The zero-order valence-corrected chi connectivity index (χ0v) is 15.6. The van der Waals surface area contributed by atoms with Gasteiger partial charge in [-0.15, -0.1) is 0 Å². The van der Waals surface area contributed by atoms with Crippen molar-refractivity contribution in [3.05, 3.63) is 24.3 Å². The van der Waals surface area contributed by atoms with Crippen LogP contribution in [-0.2, 0) is 4.79 Å². The van der Waals surface area contributed by atoms with Crippen molar-refractivity contribution in [3.8, 4) is 11.8 Å². The van der Waals surface area contributed by atoms with Crippen LogP contribution < -0.4 is 9.64 Å². The molecule has 0 radical (unpaired) electrons. The third kappa shape index (κ3) is 4.28. The Morgan fingerprint density at radius 2 is 1.85 bits per heavy atom. The number of piperazine rings is 1. The van der Waals surface area contributed by atoms with Crippen LogP contribution in [0.5, 0.6) is 5.75 Å². The second-order valence-corrected chi connectivity index (χ2v) is 7.01. The van der Waals surface area contributed by atoms with Crippen LogP contribution >= 0.6 is 0 Å². The minimum Gasteiger partial charge on any atom is -0.495 e. The number of para-hydroxylation sites is 2. The Kier molecular flexibility index (Phi) is 6.35. The standard InChI is InChI=1S/C20H28N4O2/c1-26-19-6-3-2-5-18(19)23-13-15-24(16-14-23)20(25)17-7-11-22(12-8-17)10-4-9-21/h2-3,5-6,17H,4,7-8,10-16H2,1H3. The van der Waals surface area contributed by atoms with Crippen LogP contribution in [0.15, 0.2) is 24.3 Å². The lowest BCUT2D eigenvalue weighted by molar-refractivity contribution is -0.137. The summed E-state index contributed by atoms with van der Waals surface area (Å²) < 4.78 is 5.46. The summed E-state index contributed by atoms with van der Waals surface area (Å²) in [7, 11) is 1.70. The largest absolute Gasteiger partial charge is 0.495 e. The van der Waals surface area contributed by atoms with E-state index in [1.54, 1.807) is 7.11 Å². The van der Waals surface area contributed by atoms with Crippen LogP contribution in [-0.4, -0.2) is 68.6 Å². The SMILES string of the molecule is COc1ccccc1N1CCN(C(=O)C2CCN(CCC#N)CC2)CC1. The van der Waals surface area contributed by atoms with Crippen molar-refractivity contribution in [2.24, 2.45) is 5.92 Å². The summed E-state index contributed by atoms with van der Waals surface area (Å²) in [5.41, 5.74) is 1.10. The van der Waals surface area contributed by atoms with Crippen molar-refractivity contribution in [1.82, 2.24) is 9.80 Å². The van der Waals surface area contributed by atoms with Crippen LogP contribution in [0.1, 0.15) is 19.3 Å². The predicted octanol–water partition coefficient (Wildman–Crippen LogP) is 1.97. The summed E-state index contributed by atoms with van der Waals surface area (Å²) >= 11 is 0. The first-order valence-electron chi connectivity index (χ1n) is 9.49. The molecule has 0 N–H and O–H groups in total. The molecule has 1 amide bonds. The maximum absolute atomic E-state index is 12.9. The molecule has 1 aromatic carbocycles. The number of hydrogen-bond donors (Lipinski definition) is 0. The molecule has 6 heteroatoms. The number of rotatable bonds is 5. The van der Waals surface area contributed by atoms with Gasteiger partial charge in [-0.3, -0.25) is 4.79 Å². The molecule has 2 fully saturated rings. The summed E-state index contributed by atoms with van der Waals surface area (Å²) in [5.74, 6) is 1.34. The van der Waals surface area contributed by atoms with Gasteiger partial charge in [0, 0.05) is 45.1 Å². The Labute approximate surface area is 155 Å². The van der Waals surface area contributed by atoms with E-state index in [2.05, 4.69) is 21.9 Å². The number of ether oxygens (including phenoxy) is 1. The van der Waals surface area contributed by atoms with Crippen molar-refractivity contribution in [1.29, 1.82) is 5.26 Å². The van der Waals surface area contributed by atoms with Gasteiger partial charge in [-0.1, -0.05) is 12.1 Å². The van der Waals surface area contributed by atoms with Gasteiger partial charge in [0.15, 0.2) is 0 Å². The topological polar surface area (TPSA) is 59.8 Å². The van der Waals surface area contributed by atoms with E-state index in [-0.39, 0.29) is 5.92 Å². The molecule has 140 valence electrons. The van der Waals surface area contributed by atoms with Crippen molar-refractivity contribution < 1.29 is 9.53 Å². The second-order valence-electron chi connectivity index (χ2n) is 7.01. The average Bonchev–Trinajstić information content (AvgIpc) is 2.72. The zero-order valence-electron chi connectivity index (χ0n) is 15.6. The van der Waals surface area contributed by atoms with Crippen LogP contribution in [0.3, 0.4) is 0 Å². The van der Waals surface area contributed by atoms with Crippen molar-refractivity contribution in [3.63, 3.8) is 0 Å². The Morgan fingerprint density at radius 3 is 2.50 bits per heavy atom. The number of carbonyl (C=O) groups excluding carboxylic acids is 1. The fraction of sp³-hybridized carbons (Fsp3) is 0.600. The van der Waals surface area contributed by atoms with Crippen LogP contribution in [0.25, 0.3) is 0 Å². The quantitative estimate of drug-likeness (QED) is 0.807. The summed E-state index contributed by atoms with van der Waals surface area (Å²) in [4.78, 5) is 19.5. The van der Waals surface area contributed by atoms with Gasteiger partial charge in [-0.25, -0.2) is 0 Å². The molecule has 0 aliphatic carbocycles. The Bertz CT molecular complexity index is 641. The molecule has 0 atom stereocenters. The number of hydrogen-bond acceptors (Lipinski definition) is 5. The van der Waals surface area contributed by atoms with Gasteiger partial charge >= 0.3 is 0 Å². The minimum atomic E-state index is 0.145. The summed E-state index contributed by atoms with van der Waals surface area (Å²) in [6.07, 6.45) is 2.40. The van der Waals surface area contributed by atoms with E-state index < -0.39 is 0 Å². The van der Waals surface area contributed by atoms with Crippen molar-refractivity contribution >= 4 is 11.6 Å². The first-order valence-corrected chi connectivity index (χ1v) is 9.49. The van der Waals surface area contributed by atoms with Crippen LogP contribution in [0.4, 0.5) is 5.69 Å². The third-order valence-corrected chi connectivity index (χ3v) is 5.49. The molecular formula is C20H28N4O2. The van der Waals surface area contributed by atoms with Crippen LogP contribution in [0.2, 0.25) is 0 Å². The summed E-state index contributed by atoms with van der Waals surface area (Å²) in [6.45, 7) is 5.91. The lowest BCUT2D eigenvalue weighted by Gasteiger charge is -2.39. The highest BCUT2D eigenvalue weighted by atomic mass is 16.5. The maximum atomic E-state index is 12.9. The molecule has 26 heavy (non-hydrogen) atoms. The second kappa shape index (κ2) is 8.91. The van der Waals surface area contributed by atoms with Gasteiger partial charge in [0.1, 0.15) is 5.75 Å². The number of likely N-dealkylation sites (tertiary alicyclic amines) is 1. The molecule has 0 unspecified atom stereocenters. The van der Waals surface area contributed by atoms with Gasteiger partial charge in [-0.2, -0.15) is 5.26 Å². The van der Waals surface area contributed by atoms with Gasteiger partial charge < -0.3 is 19.4 Å². The van der Waals surface area contributed by atoms with E-state index in [0.717, 1.165) is 70.1 Å². The van der Waals surface area contributed by atoms with Gasteiger partial charge in [-0.05, 0) is 38.1 Å².